The van der Waals surface area contributed by atoms with Gasteiger partial charge >= 0.3 is 0 Å². The second-order valence-corrected chi connectivity index (χ2v) is 9.89. The molecule has 0 spiro atoms. The van der Waals surface area contributed by atoms with Gasteiger partial charge in [0.15, 0.2) is 0 Å². The Labute approximate surface area is 176 Å². The van der Waals surface area contributed by atoms with E-state index in [9.17, 15) is 12.8 Å². The first-order valence-electron chi connectivity index (χ1n) is 10.1. The number of halogens is 1. The summed E-state index contributed by atoms with van der Waals surface area (Å²) in [5.74, 6) is -0.589. The monoisotopic (exact) mass is 422 g/mol. The zero-order valence-electron chi connectivity index (χ0n) is 16.6. The topological polar surface area (TPSA) is 49.4 Å². The van der Waals surface area contributed by atoms with Crippen molar-refractivity contribution < 1.29 is 12.8 Å². The molecular formula is C24H23FN2O2S. The van der Waals surface area contributed by atoms with Gasteiger partial charge in [0.25, 0.3) is 0 Å². The second-order valence-electron chi connectivity index (χ2n) is 8.08. The minimum atomic E-state index is -3.87. The van der Waals surface area contributed by atoms with Gasteiger partial charge in [-0.1, -0.05) is 66.2 Å². The van der Waals surface area contributed by atoms with Crippen LogP contribution >= 0.6 is 0 Å². The van der Waals surface area contributed by atoms with Crippen LogP contribution in [0.4, 0.5) is 4.39 Å². The van der Waals surface area contributed by atoms with Crippen molar-refractivity contribution in [3.63, 3.8) is 0 Å². The third kappa shape index (κ3) is 3.07. The largest absolute Gasteiger partial charge is 0.313 e. The predicted molar refractivity (Wildman–Crippen MR) is 115 cm³/mol. The molecule has 2 saturated heterocycles. The zero-order chi connectivity index (χ0) is 20.9. The lowest BCUT2D eigenvalue weighted by Crippen LogP contribution is -2.73. The number of benzene rings is 3. The summed E-state index contributed by atoms with van der Waals surface area (Å²) in [6.45, 7) is 3.20. The fourth-order valence-electron chi connectivity index (χ4n) is 4.82. The van der Waals surface area contributed by atoms with Crippen LogP contribution in [0.25, 0.3) is 11.1 Å². The Bertz CT molecular complexity index is 1180. The Balaban J connectivity index is 1.43. The first-order valence-corrected chi connectivity index (χ1v) is 11.6. The summed E-state index contributed by atoms with van der Waals surface area (Å²) in [5.41, 5.74) is 4.65. The molecule has 3 atom stereocenters. The number of hydrogen-bond donors (Lipinski definition) is 1. The zero-order valence-corrected chi connectivity index (χ0v) is 17.4. The molecule has 2 heterocycles. The molecule has 3 aromatic carbocycles. The SMILES string of the molecule is Cc1cccc(-c2ccc(C3[C@H]4CNC[C@@H]3N4S(=O)(=O)c3ccccc3F)cc2)c1. The van der Waals surface area contributed by atoms with Gasteiger partial charge in [-0.3, -0.25) is 0 Å². The van der Waals surface area contributed by atoms with E-state index in [0.717, 1.165) is 11.1 Å². The third-order valence-electron chi connectivity index (χ3n) is 6.23. The Kier molecular flexibility index (Phi) is 4.73. The minimum absolute atomic E-state index is 0.111. The number of piperidine rings is 1. The number of nitrogens with one attached hydrogen (secondary N) is 1. The average Bonchev–Trinajstić information content (AvgIpc) is 2.75. The summed E-state index contributed by atoms with van der Waals surface area (Å²) >= 11 is 0. The molecule has 2 aliphatic rings. The maximum atomic E-state index is 14.2. The standard InChI is InChI=1S/C24H23FN2O2S/c1-16-5-4-6-19(13-16)17-9-11-18(12-10-17)24-21-14-26-15-22(24)27(21)30(28,29)23-8-3-2-7-20(23)25/h2-13,21-22,24,26H,14-15H2,1H3/t21-,22+,24?. The van der Waals surface area contributed by atoms with E-state index in [1.54, 1.807) is 6.07 Å². The van der Waals surface area contributed by atoms with Crippen molar-refractivity contribution in [3.8, 4) is 11.1 Å². The van der Waals surface area contributed by atoms with Gasteiger partial charge in [-0.15, -0.1) is 0 Å². The van der Waals surface area contributed by atoms with E-state index >= 15 is 0 Å². The van der Waals surface area contributed by atoms with E-state index in [1.807, 2.05) is 6.07 Å². The van der Waals surface area contributed by atoms with Gasteiger partial charge in [-0.2, -0.15) is 4.31 Å². The molecule has 5 rings (SSSR count). The highest BCUT2D eigenvalue weighted by molar-refractivity contribution is 7.89. The van der Waals surface area contributed by atoms with Crippen LogP contribution in [-0.2, 0) is 10.0 Å². The highest BCUT2D eigenvalue weighted by atomic mass is 32.2. The molecule has 3 aromatic rings. The van der Waals surface area contributed by atoms with Crippen molar-refractivity contribution in [3.05, 3.63) is 89.7 Å². The first kappa shape index (κ1) is 19.4. The Morgan fingerprint density at radius 1 is 0.900 bits per heavy atom. The number of rotatable bonds is 4. The number of aryl methyl sites for hydroxylation is 1. The molecule has 0 amide bonds. The lowest BCUT2D eigenvalue weighted by molar-refractivity contribution is 0.0368. The van der Waals surface area contributed by atoms with Crippen molar-refractivity contribution in [2.75, 3.05) is 13.1 Å². The van der Waals surface area contributed by atoms with Gasteiger partial charge in [0.2, 0.25) is 10.0 Å². The van der Waals surface area contributed by atoms with Crippen molar-refractivity contribution >= 4 is 10.0 Å². The molecule has 6 heteroatoms. The van der Waals surface area contributed by atoms with Gasteiger partial charge in [-0.25, -0.2) is 12.8 Å². The predicted octanol–water partition coefficient (Wildman–Crippen LogP) is 3.93. The van der Waals surface area contributed by atoms with Crippen LogP contribution in [0.2, 0.25) is 0 Å². The average molecular weight is 423 g/mol. The quantitative estimate of drug-likeness (QED) is 0.693. The lowest BCUT2D eigenvalue weighted by Gasteiger charge is -2.57. The third-order valence-corrected chi connectivity index (χ3v) is 8.21. The number of fused-ring (bicyclic) bond motifs is 2. The van der Waals surface area contributed by atoms with Crippen LogP contribution in [-0.4, -0.2) is 37.9 Å². The molecule has 2 bridgehead atoms. The molecule has 4 nitrogen and oxygen atoms in total. The van der Waals surface area contributed by atoms with E-state index in [4.69, 9.17) is 0 Å². The van der Waals surface area contributed by atoms with Crippen LogP contribution in [0, 0.1) is 12.7 Å². The number of piperazine rings is 1. The van der Waals surface area contributed by atoms with Gasteiger partial charge in [0.1, 0.15) is 10.7 Å². The van der Waals surface area contributed by atoms with Crippen LogP contribution in [0.5, 0.6) is 0 Å². The number of sulfonamides is 1. The van der Waals surface area contributed by atoms with Gasteiger partial charge < -0.3 is 5.32 Å². The maximum absolute atomic E-state index is 14.2. The van der Waals surface area contributed by atoms with Crippen molar-refractivity contribution in [2.24, 2.45) is 0 Å². The summed E-state index contributed by atoms with van der Waals surface area (Å²) in [5, 5.41) is 3.30. The summed E-state index contributed by atoms with van der Waals surface area (Å²) in [4.78, 5) is -0.241. The molecule has 154 valence electrons. The molecule has 30 heavy (non-hydrogen) atoms. The van der Waals surface area contributed by atoms with Crippen LogP contribution < -0.4 is 5.32 Å². The normalized spacial score (nSPS) is 23.7. The lowest BCUT2D eigenvalue weighted by atomic mass is 9.74. The van der Waals surface area contributed by atoms with Crippen molar-refractivity contribution in [1.29, 1.82) is 0 Å². The van der Waals surface area contributed by atoms with Crippen LogP contribution in [0.3, 0.4) is 0 Å². The maximum Gasteiger partial charge on any atom is 0.246 e. The van der Waals surface area contributed by atoms with Crippen molar-refractivity contribution in [2.45, 2.75) is 29.8 Å². The first-order chi connectivity index (χ1) is 14.5. The molecule has 0 aliphatic carbocycles. The number of hydrogen-bond acceptors (Lipinski definition) is 3. The van der Waals surface area contributed by atoms with Crippen LogP contribution in [0.1, 0.15) is 17.0 Å². The Hall–Kier alpha value is -2.54. The van der Waals surface area contributed by atoms with Gasteiger partial charge in [-0.05, 0) is 35.7 Å². The minimum Gasteiger partial charge on any atom is -0.313 e. The summed E-state index contributed by atoms with van der Waals surface area (Å²) < 4.78 is 42.0. The van der Waals surface area contributed by atoms with E-state index < -0.39 is 15.8 Å². The molecule has 2 aliphatic heterocycles. The second kappa shape index (κ2) is 7.30. The smallest absolute Gasteiger partial charge is 0.246 e. The number of nitrogens with zero attached hydrogens (tertiary/aromatic N) is 1. The van der Waals surface area contributed by atoms with Crippen molar-refractivity contribution in [1.82, 2.24) is 9.62 Å². The Morgan fingerprint density at radius 3 is 2.27 bits per heavy atom. The molecule has 0 radical (unpaired) electrons. The summed E-state index contributed by atoms with van der Waals surface area (Å²) in [6, 6.07) is 21.9. The highest BCUT2D eigenvalue weighted by Crippen LogP contribution is 2.46. The summed E-state index contributed by atoms with van der Waals surface area (Å²) in [6.07, 6.45) is 0. The molecular weight excluding hydrogens is 399 g/mol. The van der Waals surface area contributed by atoms with E-state index in [1.165, 1.54) is 33.6 Å². The summed E-state index contributed by atoms with van der Waals surface area (Å²) in [7, 11) is -3.87. The fourth-order valence-corrected chi connectivity index (χ4v) is 6.74. The molecule has 1 unspecified atom stereocenters. The molecule has 0 saturated carbocycles. The molecule has 0 aromatic heterocycles. The Morgan fingerprint density at radius 2 is 1.60 bits per heavy atom. The van der Waals surface area contributed by atoms with Gasteiger partial charge in [0, 0.05) is 31.1 Å². The van der Waals surface area contributed by atoms with Gasteiger partial charge in [0.05, 0.1) is 0 Å². The van der Waals surface area contributed by atoms with E-state index in [0.29, 0.717) is 13.1 Å². The molecule has 1 N–H and O–H groups in total. The fraction of sp³-hybridized carbons (Fsp3) is 0.250. The van der Waals surface area contributed by atoms with Crippen LogP contribution in [0.15, 0.2) is 77.7 Å². The van der Waals surface area contributed by atoms with E-state index in [2.05, 4.69) is 54.7 Å². The highest BCUT2D eigenvalue weighted by Gasteiger charge is 2.57. The molecule has 2 fully saturated rings. The van der Waals surface area contributed by atoms with E-state index in [-0.39, 0.29) is 22.9 Å².